The first-order chi connectivity index (χ1) is 22.4. The van der Waals surface area contributed by atoms with Gasteiger partial charge in [0.05, 0.1) is 44.9 Å². The van der Waals surface area contributed by atoms with E-state index in [4.69, 9.17) is 9.97 Å². The predicted octanol–water partition coefficient (Wildman–Crippen LogP) is 9.24. The molecule has 7 aromatic rings. The molecule has 0 radical (unpaired) electrons. The van der Waals surface area contributed by atoms with Crippen LogP contribution in [-0.2, 0) is 0 Å². The fourth-order valence-corrected chi connectivity index (χ4v) is 5.65. The number of nitrogens with zero attached hydrogens (tertiary/aromatic N) is 2. The lowest BCUT2D eigenvalue weighted by Gasteiger charge is -2.15. The van der Waals surface area contributed by atoms with Gasteiger partial charge in [0.2, 0.25) is 0 Å². The Morgan fingerprint density at radius 3 is 1.28 bits per heavy atom. The Balaban J connectivity index is 1.25. The summed E-state index contributed by atoms with van der Waals surface area (Å²) in [5, 5.41) is 7.64. The third kappa shape index (κ3) is 5.72. The van der Waals surface area contributed by atoms with Crippen molar-refractivity contribution in [2.45, 2.75) is 13.8 Å². The predicted molar refractivity (Wildman–Crippen MR) is 186 cm³/mol. The number of aryl methyl sites for hydroxylation is 2. The van der Waals surface area contributed by atoms with Gasteiger partial charge in [-0.25, -0.2) is 9.97 Å². The lowest BCUT2D eigenvalue weighted by Crippen LogP contribution is -2.18. The molecule has 46 heavy (non-hydrogen) atoms. The molecule has 6 nitrogen and oxygen atoms in total. The number of amides is 2. The van der Waals surface area contributed by atoms with Crippen molar-refractivity contribution in [1.29, 1.82) is 0 Å². The topological polar surface area (TPSA) is 84.0 Å². The number of rotatable bonds is 6. The van der Waals surface area contributed by atoms with Crippen molar-refractivity contribution in [1.82, 2.24) is 9.97 Å². The van der Waals surface area contributed by atoms with Gasteiger partial charge >= 0.3 is 0 Å². The summed E-state index contributed by atoms with van der Waals surface area (Å²) in [4.78, 5) is 37.7. The van der Waals surface area contributed by atoms with Crippen LogP contribution in [0, 0.1) is 13.8 Å². The van der Waals surface area contributed by atoms with Crippen LogP contribution in [-0.4, -0.2) is 21.8 Å². The molecule has 2 amide bonds. The summed E-state index contributed by atoms with van der Waals surface area (Å²) in [5.74, 6) is -0.596. The molecular weight excluding hydrogens is 568 g/mol. The van der Waals surface area contributed by atoms with E-state index in [-0.39, 0.29) is 11.8 Å². The Hall–Kier alpha value is -6.14. The summed E-state index contributed by atoms with van der Waals surface area (Å²) < 4.78 is 0. The van der Waals surface area contributed by atoms with Crippen LogP contribution in [0.25, 0.3) is 44.3 Å². The summed E-state index contributed by atoms with van der Waals surface area (Å²) >= 11 is 0. The number of para-hydroxylation sites is 2. The molecule has 2 N–H and O–H groups in total. The molecule has 0 fully saturated rings. The Morgan fingerprint density at radius 2 is 0.870 bits per heavy atom. The highest BCUT2D eigenvalue weighted by atomic mass is 16.2. The molecule has 0 saturated heterocycles. The van der Waals surface area contributed by atoms with Crippen molar-refractivity contribution >= 4 is 45.0 Å². The van der Waals surface area contributed by atoms with Gasteiger partial charge in [0.25, 0.3) is 11.8 Å². The molecule has 7 rings (SSSR count). The largest absolute Gasteiger partial charge is 0.320 e. The van der Waals surface area contributed by atoms with Crippen molar-refractivity contribution in [2.24, 2.45) is 0 Å². The van der Waals surface area contributed by atoms with Crippen LogP contribution < -0.4 is 10.6 Å². The molecule has 222 valence electrons. The average molecular weight is 599 g/mol. The number of anilines is 2. The summed E-state index contributed by atoms with van der Waals surface area (Å²) in [6.45, 7) is 3.98. The van der Waals surface area contributed by atoms with Gasteiger partial charge in [-0.1, -0.05) is 96.1 Å². The molecule has 0 aliphatic rings. The highest BCUT2D eigenvalue weighted by Gasteiger charge is 2.19. The number of nitrogens with one attached hydrogen (secondary N) is 2. The van der Waals surface area contributed by atoms with Gasteiger partial charge in [-0.05, 0) is 62.4 Å². The number of carbonyl (C=O) groups is 2. The molecule has 0 aliphatic heterocycles. The molecule has 0 unspecified atom stereocenters. The molecule has 2 aromatic heterocycles. The zero-order valence-corrected chi connectivity index (χ0v) is 25.4. The molecule has 5 aromatic carbocycles. The Bertz CT molecular complexity index is 2100. The number of benzene rings is 5. The van der Waals surface area contributed by atoms with Gasteiger partial charge in [-0.15, -0.1) is 0 Å². The van der Waals surface area contributed by atoms with Crippen LogP contribution in [0.2, 0.25) is 0 Å². The highest BCUT2D eigenvalue weighted by Crippen LogP contribution is 2.30. The molecule has 6 heteroatoms. The van der Waals surface area contributed by atoms with Crippen molar-refractivity contribution in [2.75, 3.05) is 10.6 Å². The Kier molecular flexibility index (Phi) is 7.53. The first-order valence-electron chi connectivity index (χ1n) is 15.1. The minimum Gasteiger partial charge on any atom is -0.320 e. The first-order valence-corrected chi connectivity index (χ1v) is 15.1. The van der Waals surface area contributed by atoms with Gasteiger partial charge in [-0.2, -0.15) is 0 Å². The number of pyridine rings is 2. The molecule has 2 heterocycles. The zero-order chi connectivity index (χ0) is 31.6. The van der Waals surface area contributed by atoms with E-state index in [1.54, 1.807) is 12.1 Å². The molecule has 0 spiro atoms. The summed E-state index contributed by atoms with van der Waals surface area (Å²) in [6.07, 6.45) is 0. The van der Waals surface area contributed by atoms with Gasteiger partial charge in [-0.3, -0.25) is 9.59 Å². The van der Waals surface area contributed by atoms with Crippen molar-refractivity contribution in [3.63, 3.8) is 0 Å². The SMILES string of the molecule is Cc1ccc2nc(-c3ccccc3)cc(C(=O)Nc3ccccc3NC(=O)c3cc(-c4ccccc4)nc4ccc(C)cc34)c2c1. The van der Waals surface area contributed by atoms with E-state index >= 15 is 0 Å². The maximum absolute atomic E-state index is 14.0. The van der Waals surface area contributed by atoms with Gasteiger partial charge in [0.15, 0.2) is 0 Å². The normalized spacial score (nSPS) is 11.0. The van der Waals surface area contributed by atoms with Crippen molar-refractivity contribution < 1.29 is 9.59 Å². The van der Waals surface area contributed by atoms with Crippen LogP contribution >= 0.6 is 0 Å². The van der Waals surface area contributed by atoms with Crippen LogP contribution in [0.15, 0.2) is 133 Å². The van der Waals surface area contributed by atoms with Gasteiger partial charge in [0.1, 0.15) is 0 Å². The van der Waals surface area contributed by atoms with E-state index in [0.29, 0.717) is 33.9 Å². The Labute approximate surface area is 266 Å². The maximum Gasteiger partial charge on any atom is 0.256 e. The van der Waals surface area contributed by atoms with Gasteiger partial charge in [0, 0.05) is 21.9 Å². The summed E-state index contributed by atoms with van der Waals surface area (Å²) in [6, 6.07) is 42.3. The van der Waals surface area contributed by atoms with Gasteiger partial charge < -0.3 is 10.6 Å². The highest BCUT2D eigenvalue weighted by molar-refractivity contribution is 6.17. The monoisotopic (exact) mass is 598 g/mol. The van der Waals surface area contributed by atoms with Crippen LogP contribution in [0.1, 0.15) is 31.8 Å². The summed E-state index contributed by atoms with van der Waals surface area (Å²) in [7, 11) is 0. The first kappa shape index (κ1) is 28.6. The van der Waals surface area contributed by atoms with Crippen molar-refractivity contribution in [3.05, 3.63) is 156 Å². The molecule has 0 atom stereocenters. The second kappa shape index (κ2) is 12.1. The number of carbonyl (C=O) groups excluding carboxylic acids is 2. The van der Waals surface area contributed by atoms with E-state index in [9.17, 15) is 9.59 Å². The molecule has 0 saturated carbocycles. The minimum atomic E-state index is -0.298. The third-order valence-electron chi connectivity index (χ3n) is 7.98. The van der Waals surface area contributed by atoms with E-state index in [1.807, 2.05) is 135 Å². The molecular formula is C40H30N4O2. The third-order valence-corrected chi connectivity index (χ3v) is 7.98. The quantitative estimate of drug-likeness (QED) is 0.200. The lowest BCUT2D eigenvalue weighted by atomic mass is 10.0. The van der Waals surface area contributed by atoms with Crippen LogP contribution in [0.5, 0.6) is 0 Å². The number of hydrogen-bond acceptors (Lipinski definition) is 4. The fraction of sp³-hybridized carbons (Fsp3) is 0.0500. The fourth-order valence-electron chi connectivity index (χ4n) is 5.65. The second-order valence-electron chi connectivity index (χ2n) is 11.3. The number of hydrogen-bond donors (Lipinski definition) is 2. The zero-order valence-electron chi connectivity index (χ0n) is 25.4. The van der Waals surface area contributed by atoms with E-state index < -0.39 is 0 Å². The van der Waals surface area contributed by atoms with Crippen LogP contribution in [0.4, 0.5) is 11.4 Å². The smallest absolute Gasteiger partial charge is 0.256 e. The second-order valence-corrected chi connectivity index (χ2v) is 11.3. The Morgan fingerprint density at radius 1 is 0.478 bits per heavy atom. The number of aromatic nitrogens is 2. The van der Waals surface area contributed by atoms with E-state index in [0.717, 1.165) is 44.1 Å². The van der Waals surface area contributed by atoms with Crippen molar-refractivity contribution in [3.8, 4) is 22.5 Å². The van der Waals surface area contributed by atoms with E-state index in [2.05, 4.69) is 10.6 Å². The standard InChI is InChI=1S/C40H30N4O2/c1-25-17-19-33-29(21-25)31(23-37(41-33)27-11-5-3-6-12-27)39(45)43-35-15-9-10-16-36(35)44-40(46)32-24-38(28-13-7-4-8-14-28)42-34-20-18-26(2)22-30(32)34/h3-24H,1-2H3,(H,43,45)(H,44,46). The number of fused-ring (bicyclic) bond motifs is 2. The average Bonchev–Trinajstić information content (AvgIpc) is 3.09. The minimum absolute atomic E-state index is 0.298. The lowest BCUT2D eigenvalue weighted by molar-refractivity contribution is 0.101. The molecule has 0 bridgehead atoms. The van der Waals surface area contributed by atoms with E-state index in [1.165, 1.54) is 0 Å². The summed E-state index contributed by atoms with van der Waals surface area (Å²) in [5.41, 5.74) is 8.72. The molecule has 0 aliphatic carbocycles. The van der Waals surface area contributed by atoms with Crippen LogP contribution in [0.3, 0.4) is 0 Å². The maximum atomic E-state index is 14.0.